The Morgan fingerprint density at radius 1 is 0.553 bits per heavy atom. The summed E-state index contributed by atoms with van der Waals surface area (Å²) in [5.74, 6) is 1.25. The van der Waals surface area contributed by atoms with E-state index in [1.165, 1.54) is 0 Å². The molecule has 0 spiro atoms. The number of anilines is 4. The van der Waals surface area contributed by atoms with E-state index in [1.807, 2.05) is 24.3 Å². The molecule has 10 heteroatoms. The van der Waals surface area contributed by atoms with Gasteiger partial charge in [0.1, 0.15) is 24.7 Å². The van der Waals surface area contributed by atoms with Crippen LogP contribution in [0.25, 0.3) is 0 Å². The van der Waals surface area contributed by atoms with Crippen LogP contribution in [0.1, 0.15) is 41.5 Å². The number of hydrogen-bond acceptors (Lipinski definition) is 8. The van der Waals surface area contributed by atoms with Gasteiger partial charge in [-0.25, -0.2) is 0 Å². The fourth-order valence-electron chi connectivity index (χ4n) is 2.70. The lowest BCUT2D eigenvalue weighted by molar-refractivity contribution is 0.204. The maximum atomic E-state index is 6.03. The van der Waals surface area contributed by atoms with Crippen LogP contribution < -0.4 is 32.4 Å². The van der Waals surface area contributed by atoms with Gasteiger partial charge in [0, 0.05) is 0 Å². The molecule has 0 saturated heterocycles. The predicted octanol–water partition coefficient (Wildman–Crippen LogP) is 6.50. The second-order valence-electron chi connectivity index (χ2n) is 12.4. The Labute approximate surface area is 232 Å². The average Bonchev–Trinajstić information content (AvgIpc) is 2.78. The Morgan fingerprint density at radius 2 is 0.868 bits per heavy atom. The third kappa shape index (κ3) is 10.0. The highest BCUT2D eigenvalue weighted by Crippen LogP contribution is 2.37. The van der Waals surface area contributed by atoms with E-state index in [4.69, 9.17) is 41.3 Å². The highest BCUT2D eigenvalue weighted by molar-refractivity contribution is 6.74. The smallest absolute Gasteiger partial charge is 0.192 e. The van der Waals surface area contributed by atoms with Gasteiger partial charge in [-0.1, -0.05) is 53.7 Å². The predicted molar refractivity (Wildman–Crippen MR) is 168 cm³/mol. The number of ether oxygens (including phenoxy) is 2. The first-order chi connectivity index (χ1) is 17.3. The Hall–Kier alpha value is -2.41. The fraction of sp³-hybridized carbons (Fsp3) is 0.571. The van der Waals surface area contributed by atoms with Crippen LogP contribution in [0.15, 0.2) is 36.4 Å². The van der Waals surface area contributed by atoms with E-state index in [0.29, 0.717) is 60.7 Å². The zero-order valence-electron chi connectivity index (χ0n) is 25.2. The van der Waals surface area contributed by atoms with E-state index in [0.717, 1.165) is 0 Å². The topological polar surface area (TPSA) is 141 Å². The maximum Gasteiger partial charge on any atom is 0.192 e. The minimum absolute atomic E-state index is 0.212. The molecule has 0 bridgehead atoms. The lowest BCUT2D eigenvalue weighted by atomic mass is 10.2. The monoisotopic (exact) mass is 564 g/mol. The van der Waals surface area contributed by atoms with Crippen molar-refractivity contribution in [3.63, 3.8) is 0 Å². The average molecular weight is 565 g/mol. The summed E-state index contributed by atoms with van der Waals surface area (Å²) in [5, 5.41) is 0.423. The number of rotatable bonds is 10. The van der Waals surface area contributed by atoms with E-state index >= 15 is 0 Å². The van der Waals surface area contributed by atoms with Crippen LogP contribution in [-0.2, 0) is 8.85 Å². The third-order valence-electron chi connectivity index (χ3n) is 7.42. The van der Waals surface area contributed by atoms with Gasteiger partial charge < -0.3 is 41.3 Å². The van der Waals surface area contributed by atoms with Gasteiger partial charge in [0.25, 0.3) is 0 Å². The lowest BCUT2D eigenvalue weighted by Gasteiger charge is -2.36. The summed E-state index contributed by atoms with van der Waals surface area (Å²) in [6.07, 6.45) is 0. The first-order valence-corrected chi connectivity index (χ1v) is 18.9. The molecule has 0 fully saturated rings. The summed E-state index contributed by atoms with van der Waals surface area (Å²) >= 11 is 0. The van der Waals surface area contributed by atoms with Gasteiger partial charge in [-0.05, 0) is 60.5 Å². The van der Waals surface area contributed by atoms with Gasteiger partial charge in [0.15, 0.2) is 16.6 Å². The number of nitrogens with two attached hydrogens (primary N) is 4. The van der Waals surface area contributed by atoms with Crippen LogP contribution in [0.4, 0.5) is 22.7 Å². The minimum atomic E-state index is -1.70. The number of para-hydroxylation sites is 2. The highest BCUT2D eigenvalue weighted by Gasteiger charge is 2.37. The summed E-state index contributed by atoms with van der Waals surface area (Å²) in [4.78, 5) is 0. The summed E-state index contributed by atoms with van der Waals surface area (Å²) in [7, 11) is -3.41. The van der Waals surface area contributed by atoms with Crippen LogP contribution in [0.2, 0.25) is 36.3 Å². The number of nitrogen functional groups attached to an aromatic ring is 4. The third-order valence-corrected chi connectivity index (χ3v) is 16.5. The molecule has 38 heavy (non-hydrogen) atoms. The summed E-state index contributed by atoms with van der Waals surface area (Å²) < 4.78 is 23.3. The van der Waals surface area contributed by atoms with E-state index in [1.54, 1.807) is 12.1 Å². The van der Waals surface area contributed by atoms with Crippen molar-refractivity contribution in [1.29, 1.82) is 0 Å². The molecule has 0 amide bonds. The highest BCUT2D eigenvalue weighted by atomic mass is 28.4. The van der Waals surface area contributed by atoms with Crippen molar-refractivity contribution in [2.45, 2.75) is 77.8 Å². The Bertz CT molecular complexity index is 937. The molecule has 0 radical (unpaired) electrons. The first-order valence-electron chi connectivity index (χ1n) is 13.1. The van der Waals surface area contributed by atoms with Gasteiger partial charge >= 0.3 is 0 Å². The maximum absolute atomic E-state index is 6.03. The Morgan fingerprint density at radius 3 is 1.16 bits per heavy atom. The zero-order valence-corrected chi connectivity index (χ0v) is 27.2. The van der Waals surface area contributed by atoms with Gasteiger partial charge in [0.05, 0.1) is 36.0 Å². The minimum Gasteiger partial charge on any atom is -0.489 e. The molecule has 0 unspecified atom stereocenters. The number of hydrogen-bond donors (Lipinski definition) is 4. The molecule has 2 aromatic carbocycles. The second kappa shape index (κ2) is 13.6. The van der Waals surface area contributed by atoms with Crippen molar-refractivity contribution in [2.75, 3.05) is 49.4 Å². The molecule has 8 N–H and O–H groups in total. The number of benzene rings is 2. The standard InChI is InChI=1S/2C14H26N2O2Si/c2*1-14(2,3)19(4,5)18-10-9-17-12-8-6-7-11(15)13(12)16/h2*6-8H,9-10,15-16H2,1-5H3. The molecule has 2 rings (SSSR count). The molecule has 2 aromatic rings. The largest absolute Gasteiger partial charge is 0.489 e. The van der Waals surface area contributed by atoms with E-state index in [9.17, 15) is 0 Å². The second-order valence-corrected chi connectivity index (χ2v) is 22.1. The van der Waals surface area contributed by atoms with Gasteiger partial charge in [-0.3, -0.25) is 0 Å². The van der Waals surface area contributed by atoms with Crippen LogP contribution in [0.3, 0.4) is 0 Å². The molecule has 0 atom stereocenters. The quantitative estimate of drug-likeness (QED) is 0.145. The van der Waals surface area contributed by atoms with Gasteiger partial charge in [-0.2, -0.15) is 0 Å². The normalized spacial score (nSPS) is 12.5. The molecule has 216 valence electrons. The molecular formula is C28H52N4O4Si2. The van der Waals surface area contributed by atoms with Crippen molar-refractivity contribution >= 4 is 39.4 Å². The molecule has 0 aromatic heterocycles. The summed E-state index contributed by atoms with van der Waals surface area (Å²) in [5.41, 5.74) is 25.2. The molecule has 8 nitrogen and oxygen atoms in total. The van der Waals surface area contributed by atoms with Crippen LogP contribution >= 0.6 is 0 Å². The lowest BCUT2D eigenvalue weighted by Crippen LogP contribution is -2.41. The summed E-state index contributed by atoms with van der Waals surface area (Å²) in [6, 6.07) is 10.8. The molecular weight excluding hydrogens is 513 g/mol. The van der Waals surface area contributed by atoms with Gasteiger partial charge in [0.2, 0.25) is 0 Å². The fourth-order valence-corrected chi connectivity index (χ4v) is 4.76. The SMILES string of the molecule is CC(C)(C)[Si](C)(C)OCCOc1cccc(N)c1N.CC(C)(C)[Si](C)(C)OCCOc1cccc(N)c1N. The van der Waals surface area contributed by atoms with Crippen molar-refractivity contribution in [3.05, 3.63) is 36.4 Å². The van der Waals surface area contributed by atoms with Crippen LogP contribution in [0, 0.1) is 0 Å². The van der Waals surface area contributed by atoms with Crippen molar-refractivity contribution in [3.8, 4) is 11.5 Å². The summed E-state index contributed by atoms with van der Waals surface area (Å²) in [6.45, 7) is 24.3. The van der Waals surface area contributed by atoms with E-state index < -0.39 is 16.6 Å². The molecule has 0 saturated carbocycles. The van der Waals surface area contributed by atoms with Crippen LogP contribution in [-0.4, -0.2) is 43.1 Å². The first kappa shape index (κ1) is 33.6. The van der Waals surface area contributed by atoms with Gasteiger partial charge in [-0.15, -0.1) is 0 Å². The Kier molecular flexibility index (Phi) is 12.0. The van der Waals surface area contributed by atoms with Crippen LogP contribution in [0.5, 0.6) is 11.5 Å². The van der Waals surface area contributed by atoms with Crippen molar-refractivity contribution in [2.24, 2.45) is 0 Å². The van der Waals surface area contributed by atoms with Crippen molar-refractivity contribution < 1.29 is 18.3 Å². The molecule has 0 aliphatic rings. The van der Waals surface area contributed by atoms with E-state index in [2.05, 4.69) is 67.7 Å². The zero-order chi connectivity index (χ0) is 29.4. The molecule has 0 aliphatic carbocycles. The van der Waals surface area contributed by atoms with E-state index in [-0.39, 0.29) is 10.1 Å². The Balaban J connectivity index is 0.000000380. The van der Waals surface area contributed by atoms with Crippen molar-refractivity contribution in [1.82, 2.24) is 0 Å². The molecule has 0 heterocycles. The molecule has 0 aliphatic heterocycles.